The van der Waals surface area contributed by atoms with Gasteiger partial charge in [0.15, 0.2) is 0 Å². The van der Waals surface area contributed by atoms with Crippen molar-refractivity contribution in [2.24, 2.45) is 0 Å². The van der Waals surface area contributed by atoms with E-state index in [0.29, 0.717) is 12.8 Å². The van der Waals surface area contributed by atoms with E-state index in [1.165, 1.54) is 39.1 Å². The minimum atomic E-state index is -0.627. The number of esters is 1. The Hall–Kier alpha value is -3.31. The van der Waals surface area contributed by atoms with Gasteiger partial charge in [-0.3, -0.25) is 4.79 Å². The molecule has 1 fully saturated rings. The summed E-state index contributed by atoms with van der Waals surface area (Å²) in [5, 5.41) is 10.2. The van der Waals surface area contributed by atoms with Crippen LogP contribution in [0.2, 0.25) is 0 Å². The van der Waals surface area contributed by atoms with Gasteiger partial charge in [-0.15, -0.1) is 0 Å². The predicted octanol–water partition coefficient (Wildman–Crippen LogP) is 7.04. The van der Waals surface area contributed by atoms with Crippen LogP contribution < -0.4 is 9.64 Å². The van der Waals surface area contributed by atoms with Crippen LogP contribution in [0.4, 0.5) is 5.69 Å². The van der Waals surface area contributed by atoms with Crippen molar-refractivity contribution < 1.29 is 19.4 Å². The molecule has 40 heavy (non-hydrogen) atoms. The maximum Gasteiger partial charge on any atom is 0.308 e. The standard InChI is InChI=1S/C35H43NO4/c1-23(2)32-29(17-16-28-18-27(37)19-31(38)39-28)34-30(20-35(4,5)40-34)24(3)33(32)36(21-25-12-8-6-9-13-25)22-26-14-10-7-11-15-26/h6-15,23,27-28,37H,16-22H2,1-5H3/t27-,28-/m1/s1. The zero-order valence-corrected chi connectivity index (χ0v) is 24.6. The summed E-state index contributed by atoms with van der Waals surface area (Å²) in [6.45, 7) is 12.7. The van der Waals surface area contributed by atoms with Crippen molar-refractivity contribution in [2.75, 3.05) is 4.90 Å². The highest BCUT2D eigenvalue weighted by atomic mass is 16.5. The number of fused-ring (bicyclic) bond motifs is 1. The zero-order chi connectivity index (χ0) is 28.4. The third-order valence-electron chi connectivity index (χ3n) is 8.19. The van der Waals surface area contributed by atoms with Gasteiger partial charge in [0, 0.05) is 42.7 Å². The number of cyclic esters (lactones) is 1. The lowest BCUT2D eigenvalue weighted by Crippen LogP contribution is -2.33. The summed E-state index contributed by atoms with van der Waals surface area (Å²) in [6.07, 6.45) is 1.92. The number of hydrogen-bond donors (Lipinski definition) is 1. The van der Waals surface area contributed by atoms with Gasteiger partial charge in [0.05, 0.1) is 12.5 Å². The Morgan fingerprint density at radius 2 is 1.60 bits per heavy atom. The average Bonchev–Trinajstić information content (AvgIpc) is 3.23. The Balaban J connectivity index is 1.62. The molecule has 5 nitrogen and oxygen atoms in total. The third-order valence-corrected chi connectivity index (χ3v) is 8.19. The van der Waals surface area contributed by atoms with Crippen LogP contribution in [0.3, 0.4) is 0 Å². The van der Waals surface area contributed by atoms with Gasteiger partial charge in [0.1, 0.15) is 17.5 Å². The van der Waals surface area contributed by atoms with E-state index in [1.807, 2.05) is 0 Å². The van der Waals surface area contributed by atoms with Crippen molar-refractivity contribution in [1.82, 2.24) is 0 Å². The van der Waals surface area contributed by atoms with Gasteiger partial charge in [-0.1, -0.05) is 74.5 Å². The van der Waals surface area contributed by atoms with Gasteiger partial charge < -0.3 is 19.5 Å². The average molecular weight is 542 g/mol. The van der Waals surface area contributed by atoms with Crippen molar-refractivity contribution in [3.05, 3.63) is 94.0 Å². The van der Waals surface area contributed by atoms with Gasteiger partial charge >= 0.3 is 5.97 Å². The van der Waals surface area contributed by atoms with E-state index < -0.39 is 6.10 Å². The second kappa shape index (κ2) is 11.7. The second-order valence-electron chi connectivity index (χ2n) is 12.4. The maximum atomic E-state index is 12.1. The highest BCUT2D eigenvalue weighted by Crippen LogP contribution is 2.49. The van der Waals surface area contributed by atoms with E-state index in [4.69, 9.17) is 9.47 Å². The number of hydrogen-bond acceptors (Lipinski definition) is 5. The highest BCUT2D eigenvalue weighted by Gasteiger charge is 2.38. The fraction of sp³-hybridized carbons (Fsp3) is 0.457. The Morgan fingerprint density at radius 1 is 1.00 bits per heavy atom. The number of aliphatic hydroxyl groups excluding tert-OH is 1. The summed E-state index contributed by atoms with van der Waals surface area (Å²) in [5.74, 6) is 0.962. The van der Waals surface area contributed by atoms with Crippen molar-refractivity contribution in [1.29, 1.82) is 0 Å². The van der Waals surface area contributed by atoms with Crippen LogP contribution in [0.1, 0.15) is 86.3 Å². The summed E-state index contributed by atoms with van der Waals surface area (Å²) in [7, 11) is 0. The van der Waals surface area contributed by atoms with Crippen molar-refractivity contribution in [3.8, 4) is 5.75 Å². The van der Waals surface area contributed by atoms with Crippen LogP contribution in [0.5, 0.6) is 5.75 Å². The first kappa shape index (κ1) is 28.2. The lowest BCUT2D eigenvalue weighted by molar-refractivity contribution is -0.160. The summed E-state index contributed by atoms with van der Waals surface area (Å²) < 4.78 is 12.3. The van der Waals surface area contributed by atoms with Gasteiger partial charge in [0.2, 0.25) is 0 Å². The minimum absolute atomic E-state index is 0.0864. The Bertz CT molecular complexity index is 1290. The summed E-state index contributed by atoms with van der Waals surface area (Å²) in [6, 6.07) is 21.4. The molecular formula is C35H43NO4. The number of rotatable bonds is 9. The molecule has 2 atom stereocenters. The molecule has 3 aromatic rings. The molecule has 0 radical (unpaired) electrons. The van der Waals surface area contributed by atoms with Crippen molar-refractivity contribution in [2.45, 2.75) is 104 Å². The smallest absolute Gasteiger partial charge is 0.308 e. The molecule has 0 spiro atoms. The first-order valence-electron chi connectivity index (χ1n) is 14.7. The Labute approximate surface area is 239 Å². The maximum absolute atomic E-state index is 12.1. The van der Waals surface area contributed by atoms with E-state index >= 15 is 0 Å². The fourth-order valence-corrected chi connectivity index (χ4v) is 6.48. The Kier molecular flexibility index (Phi) is 8.23. The molecular weight excluding hydrogens is 498 g/mol. The van der Waals surface area contributed by atoms with Gasteiger partial charge in [-0.25, -0.2) is 0 Å². The minimum Gasteiger partial charge on any atom is -0.487 e. The fourth-order valence-electron chi connectivity index (χ4n) is 6.48. The monoisotopic (exact) mass is 541 g/mol. The summed E-state index contributed by atoms with van der Waals surface area (Å²) >= 11 is 0. The van der Waals surface area contributed by atoms with E-state index in [1.54, 1.807) is 0 Å². The van der Waals surface area contributed by atoms with Crippen LogP contribution in [-0.2, 0) is 35.5 Å². The number of carbonyl (C=O) groups excluding carboxylic acids is 1. The van der Waals surface area contributed by atoms with Crippen molar-refractivity contribution >= 4 is 11.7 Å². The molecule has 2 aliphatic rings. The molecule has 0 saturated carbocycles. The molecule has 0 amide bonds. The first-order chi connectivity index (χ1) is 19.1. The van der Waals surface area contributed by atoms with Crippen LogP contribution in [0.15, 0.2) is 60.7 Å². The lowest BCUT2D eigenvalue weighted by Gasteiger charge is -2.34. The lowest BCUT2D eigenvalue weighted by atomic mass is 9.84. The molecule has 1 N–H and O–H groups in total. The highest BCUT2D eigenvalue weighted by molar-refractivity contribution is 5.72. The van der Waals surface area contributed by atoms with Crippen LogP contribution in [0, 0.1) is 6.92 Å². The molecule has 0 aliphatic carbocycles. The summed E-state index contributed by atoms with van der Waals surface area (Å²) in [4.78, 5) is 14.6. The van der Waals surface area contributed by atoms with E-state index in [9.17, 15) is 9.90 Å². The number of aliphatic hydroxyl groups is 1. The van der Waals surface area contributed by atoms with Gasteiger partial charge in [0.25, 0.3) is 0 Å². The normalized spacial score (nSPS) is 19.7. The topological polar surface area (TPSA) is 59.0 Å². The largest absolute Gasteiger partial charge is 0.487 e. The number of anilines is 1. The molecule has 0 aromatic heterocycles. The molecule has 5 heteroatoms. The molecule has 0 unspecified atom stereocenters. The van der Waals surface area contributed by atoms with Gasteiger partial charge in [-0.05, 0) is 61.8 Å². The Morgan fingerprint density at radius 3 is 2.15 bits per heavy atom. The quantitative estimate of drug-likeness (QED) is 0.295. The van der Waals surface area contributed by atoms with E-state index in [0.717, 1.165) is 31.7 Å². The molecule has 3 aromatic carbocycles. The first-order valence-corrected chi connectivity index (χ1v) is 14.7. The molecule has 1 saturated heterocycles. The van der Waals surface area contributed by atoms with Crippen LogP contribution in [-0.4, -0.2) is 28.9 Å². The number of ether oxygens (including phenoxy) is 2. The van der Waals surface area contributed by atoms with Crippen LogP contribution in [0.25, 0.3) is 0 Å². The molecule has 212 valence electrons. The molecule has 0 bridgehead atoms. The number of carbonyl (C=O) groups is 1. The third kappa shape index (κ3) is 6.20. The van der Waals surface area contributed by atoms with E-state index in [-0.39, 0.29) is 30.0 Å². The molecule has 5 rings (SSSR count). The number of benzene rings is 3. The number of nitrogens with zero attached hydrogens (tertiary/aromatic N) is 1. The summed E-state index contributed by atoms with van der Waals surface area (Å²) in [5.41, 5.74) is 8.65. The SMILES string of the molecule is Cc1c2c(c(CC[C@@H]3C[C@@H](O)CC(=O)O3)c(C(C)C)c1N(Cc1ccccc1)Cc1ccccc1)OC(C)(C)C2. The van der Waals surface area contributed by atoms with Gasteiger partial charge in [-0.2, -0.15) is 0 Å². The molecule has 2 aliphatic heterocycles. The second-order valence-corrected chi connectivity index (χ2v) is 12.4. The predicted molar refractivity (Wildman–Crippen MR) is 160 cm³/mol. The van der Waals surface area contributed by atoms with Crippen LogP contribution >= 0.6 is 0 Å². The zero-order valence-electron chi connectivity index (χ0n) is 24.6. The molecule has 2 heterocycles. The van der Waals surface area contributed by atoms with E-state index in [2.05, 4.69) is 100 Å². The van der Waals surface area contributed by atoms with Crippen molar-refractivity contribution in [3.63, 3.8) is 0 Å².